The smallest absolute Gasteiger partial charge is 0.335 e. The van der Waals surface area contributed by atoms with Crippen LogP contribution in [0.5, 0.6) is 0 Å². The van der Waals surface area contributed by atoms with E-state index in [0.717, 1.165) is 6.42 Å². The normalized spacial score (nSPS) is 20.9. The van der Waals surface area contributed by atoms with Crippen LogP contribution >= 0.6 is 0 Å². The number of nitrogens with one attached hydrogen (secondary N) is 1. The van der Waals surface area contributed by atoms with Gasteiger partial charge in [-0.2, -0.15) is 0 Å². The fourth-order valence-electron chi connectivity index (χ4n) is 2.16. The third kappa shape index (κ3) is 3.79. The van der Waals surface area contributed by atoms with Crippen molar-refractivity contribution in [2.75, 3.05) is 13.1 Å². The average molecular weight is 262 g/mol. The third-order valence-electron chi connectivity index (χ3n) is 3.47. The van der Waals surface area contributed by atoms with E-state index in [1.54, 1.807) is 12.1 Å². The van der Waals surface area contributed by atoms with Gasteiger partial charge in [-0.1, -0.05) is 12.1 Å². The summed E-state index contributed by atoms with van der Waals surface area (Å²) in [7, 11) is 0. The Bertz CT molecular complexity index is 487. The molecule has 1 saturated carbocycles. The molecule has 2 atom stereocenters. The lowest BCUT2D eigenvalue weighted by Gasteiger charge is -2.05. The average Bonchev–Trinajstić information content (AvgIpc) is 3.15. The van der Waals surface area contributed by atoms with Crippen molar-refractivity contribution in [1.82, 2.24) is 5.32 Å². The number of hydrogen-bond donors (Lipinski definition) is 3. The molecule has 1 amide bonds. The number of carboxylic acids is 1. The molecule has 5 nitrogen and oxygen atoms in total. The molecule has 0 radical (unpaired) electrons. The Kier molecular flexibility index (Phi) is 4.16. The standard InChI is InChI=1S/C14H18N2O3/c15-7-11-6-12(11)8-16-13(17)5-9-2-1-3-10(4-9)14(18)19/h1-4,11-12H,5-8,15H2,(H,16,17)(H,18,19). The van der Waals surface area contributed by atoms with Crippen molar-refractivity contribution in [2.24, 2.45) is 17.6 Å². The second-order valence-electron chi connectivity index (χ2n) is 4.98. The number of carbonyl (C=O) groups excluding carboxylic acids is 1. The van der Waals surface area contributed by atoms with Crippen molar-refractivity contribution in [3.8, 4) is 0 Å². The van der Waals surface area contributed by atoms with E-state index in [9.17, 15) is 9.59 Å². The molecule has 0 spiro atoms. The molecular formula is C14H18N2O3. The molecule has 0 bridgehead atoms. The van der Waals surface area contributed by atoms with Crippen LogP contribution in [-0.2, 0) is 11.2 Å². The van der Waals surface area contributed by atoms with Gasteiger partial charge in [0.25, 0.3) is 0 Å². The van der Waals surface area contributed by atoms with E-state index in [1.165, 1.54) is 12.1 Å². The number of carbonyl (C=O) groups is 2. The summed E-state index contributed by atoms with van der Waals surface area (Å²) >= 11 is 0. The van der Waals surface area contributed by atoms with Crippen LogP contribution in [0.4, 0.5) is 0 Å². The molecule has 1 aromatic carbocycles. The number of rotatable bonds is 6. The van der Waals surface area contributed by atoms with Gasteiger partial charge in [-0.05, 0) is 42.5 Å². The van der Waals surface area contributed by atoms with Crippen molar-refractivity contribution in [1.29, 1.82) is 0 Å². The first-order chi connectivity index (χ1) is 9.10. The second-order valence-corrected chi connectivity index (χ2v) is 4.98. The predicted octanol–water partition coefficient (Wildman–Crippen LogP) is 0.638. The Balaban J connectivity index is 1.81. The van der Waals surface area contributed by atoms with Crippen molar-refractivity contribution in [2.45, 2.75) is 12.8 Å². The van der Waals surface area contributed by atoms with Crippen LogP contribution < -0.4 is 11.1 Å². The zero-order chi connectivity index (χ0) is 13.8. The first kappa shape index (κ1) is 13.5. The van der Waals surface area contributed by atoms with Crippen LogP contribution in [0.3, 0.4) is 0 Å². The van der Waals surface area contributed by atoms with Gasteiger partial charge in [0.2, 0.25) is 5.91 Å². The van der Waals surface area contributed by atoms with E-state index in [0.29, 0.717) is 30.5 Å². The van der Waals surface area contributed by atoms with Crippen molar-refractivity contribution >= 4 is 11.9 Å². The number of carboxylic acid groups (broad SMARTS) is 1. The van der Waals surface area contributed by atoms with Gasteiger partial charge >= 0.3 is 5.97 Å². The van der Waals surface area contributed by atoms with Crippen LogP contribution in [0.1, 0.15) is 22.3 Å². The number of benzene rings is 1. The lowest BCUT2D eigenvalue weighted by molar-refractivity contribution is -0.120. The summed E-state index contributed by atoms with van der Waals surface area (Å²) in [5.74, 6) is 0.00572. The minimum absolute atomic E-state index is 0.0785. The maximum absolute atomic E-state index is 11.7. The first-order valence-corrected chi connectivity index (χ1v) is 6.39. The van der Waals surface area contributed by atoms with Gasteiger partial charge in [0.1, 0.15) is 0 Å². The largest absolute Gasteiger partial charge is 0.478 e. The summed E-state index contributed by atoms with van der Waals surface area (Å²) < 4.78 is 0. The van der Waals surface area contributed by atoms with Gasteiger partial charge in [0.15, 0.2) is 0 Å². The second kappa shape index (κ2) is 5.84. The zero-order valence-corrected chi connectivity index (χ0v) is 10.6. The van der Waals surface area contributed by atoms with Gasteiger partial charge in [0.05, 0.1) is 12.0 Å². The molecule has 5 heteroatoms. The van der Waals surface area contributed by atoms with E-state index in [1.807, 2.05) is 0 Å². The van der Waals surface area contributed by atoms with Gasteiger partial charge in [0, 0.05) is 6.54 Å². The number of aromatic carboxylic acids is 1. The summed E-state index contributed by atoms with van der Waals surface area (Å²) in [4.78, 5) is 22.6. The number of hydrogen-bond acceptors (Lipinski definition) is 3. The lowest BCUT2D eigenvalue weighted by atomic mass is 10.1. The van der Waals surface area contributed by atoms with Crippen LogP contribution in [0.2, 0.25) is 0 Å². The van der Waals surface area contributed by atoms with Crippen molar-refractivity contribution in [3.63, 3.8) is 0 Å². The topological polar surface area (TPSA) is 92.4 Å². The molecule has 2 unspecified atom stereocenters. The highest BCUT2D eigenvalue weighted by Crippen LogP contribution is 2.36. The summed E-state index contributed by atoms with van der Waals surface area (Å²) in [6, 6.07) is 6.45. The van der Waals surface area contributed by atoms with Crippen molar-refractivity contribution in [3.05, 3.63) is 35.4 Å². The molecular weight excluding hydrogens is 244 g/mol. The van der Waals surface area contributed by atoms with E-state index in [4.69, 9.17) is 10.8 Å². The highest BCUT2D eigenvalue weighted by atomic mass is 16.4. The van der Waals surface area contributed by atoms with E-state index in [-0.39, 0.29) is 17.9 Å². The maximum atomic E-state index is 11.7. The Morgan fingerprint density at radius 1 is 1.37 bits per heavy atom. The number of nitrogens with two attached hydrogens (primary N) is 1. The highest BCUT2D eigenvalue weighted by Gasteiger charge is 2.35. The molecule has 0 saturated heterocycles. The van der Waals surface area contributed by atoms with E-state index >= 15 is 0 Å². The molecule has 1 fully saturated rings. The van der Waals surface area contributed by atoms with E-state index < -0.39 is 5.97 Å². The predicted molar refractivity (Wildman–Crippen MR) is 70.8 cm³/mol. The van der Waals surface area contributed by atoms with E-state index in [2.05, 4.69) is 5.32 Å². The summed E-state index contributed by atoms with van der Waals surface area (Å²) in [5.41, 5.74) is 6.45. The summed E-state index contributed by atoms with van der Waals surface area (Å²) in [6.45, 7) is 1.35. The van der Waals surface area contributed by atoms with Gasteiger partial charge in [-0.3, -0.25) is 4.79 Å². The Labute approximate surface area is 111 Å². The summed E-state index contributed by atoms with van der Waals surface area (Å²) in [6.07, 6.45) is 1.30. The molecule has 0 aromatic heterocycles. The minimum atomic E-state index is -0.981. The molecule has 102 valence electrons. The monoisotopic (exact) mass is 262 g/mol. The lowest BCUT2D eigenvalue weighted by Crippen LogP contribution is -2.28. The van der Waals surface area contributed by atoms with Gasteiger partial charge in [-0.15, -0.1) is 0 Å². The van der Waals surface area contributed by atoms with Gasteiger partial charge < -0.3 is 16.2 Å². The highest BCUT2D eigenvalue weighted by molar-refractivity contribution is 5.88. The molecule has 0 heterocycles. The molecule has 1 aliphatic rings. The quantitative estimate of drug-likeness (QED) is 0.701. The molecule has 0 aliphatic heterocycles. The molecule has 1 aliphatic carbocycles. The minimum Gasteiger partial charge on any atom is -0.478 e. The van der Waals surface area contributed by atoms with Crippen LogP contribution in [0.25, 0.3) is 0 Å². The fraction of sp³-hybridized carbons (Fsp3) is 0.429. The Morgan fingerprint density at radius 3 is 2.79 bits per heavy atom. The summed E-state index contributed by atoms with van der Waals surface area (Å²) in [5, 5.41) is 11.7. The zero-order valence-electron chi connectivity index (χ0n) is 10.6. The van der Waals surface area contributed by atoms with Crippen molar-refractivity contribution < 1.29 is 14.7 Å². The molecule has 4 N–H and O–H groups in total. The van der Waals surface area contributed by atoms with Crippen LogP contribution in [0, 0.1) is 11.8 Å². The Morgan fingerprint density at radius 2 is 2.16 bits per heavy atom. The SMILES string of the molecule is NCC1CC1CNC(=O)Cc1cccc(C(=O)O)c1. The number of amides is 1. The Hall–Kier alpha value is -1.88. The molecule has 2 rings (SSSR count). The fourth-order valence-corrected chi connectivity index (χ4v) is 2.16. The molecule has 1 aromatic rings. The van der Waals surface area contributed by atoms with Gasteiger partial charge in [-0.25, -0.2) is 4.79 Å². The van der Waals surface area contributed by atoms with Crippen LogP contribution in [-0.4, -0.2) is 30.1 Å². The van der Waals surface area contributed by atoms with Crippen LogP contribution in [0.15, 0.2) is 24.3 Å². The molecule has 19 heavy (non-hydrogen) atoms. The third-order valence-corrected chi connectivity index (χ3v) is 3.47. The maximum Gasteiger partial charge on any atom is 0.335 e. The first-order valence-electron chi connectivity index (χ1n) is 6.39.